The molecule has 0 fully saturated rings. The van der Waals surface area contributed by atoms with Crippen LogP contribution in [0, 0.1) is 0 Å². The lowest BCUT2D eigenvalue weighted by atomic mass is 10.3. The monoisotopic (exact) mass is 221 g/mol. The molecule has 0 spiro atoms. The van der Waals surface area contributed by atoms with E-state index >= 15 is 0 Å². The highest BCUT2D eigenvalue weighted by atomic mass is 16.6. The van der Waals surface area contributed by atoms with Crippen molar-refractivity contribution in [3.63, 3.8) is 0 Å². The Morgan fingerprint density at radius 2 is 2.00 bits per heavy atom. The van der Waals surface area contributed by atoms with Crippen LogP contribution in [0.2, 0.25) is 0 Å². The van der Waals surface area contributed by atoms with Gasteiger partial charge in [0.1, 0.15) is 12.7 Å². The molecule has 0 aromatic heterocycles. The summed E-state index contributed by atoms with van der Waals surface area (Å²) in [5.41, 5.74) is 0. The van der Waals surface area contributed by atoms with Gasteiger partial charge in [-0.3, -0.25) is 9.59 Å². The van der Waals surface area contributed by atoms with Crippen LogP contribution >= 0.6 is 0 Å². The number of hydrogen-bond acceptors (Lipinski definition) is 6. The van der Waals surface area contributed by atoms with Gasteiger partial charge in [0.25, 0.3) is 0 Å². The van der Waals surface area contributed by atoms with Gasteiger partial charge in [-0.15, -0.1) is 0 Å². The fourth-order valence-electron chi connectivity index (χ4n) is 0.729. The van der Waals surface area contributed by atoms with Crippen molar-refractivity contribution in [1.82, 2.24) is 5.32 Å². The number of nitrogens with one attached hydrogen (secondary N) is 1. The third-order valence-electron chi connectivity index (χ3n) is 1.53. The van der Waals surface area contributed by atoms with E-state index in [9.17, 15) is 14.7 Å². The highest BCUT2D eigenvalue weighted by Gasteiger charge is 2.23. The quantitative estimate of drug-likeness (QED) is 0.297. The molecule has 0 aromatic rings. The van der Waals surface area contributed by atoms with E-state index in [2.05, 4.69) is 4.74 Å². The number of esters is 1. The molecule has 0 radical (unpaired) electrons. The largest absolute Gasteiger partial charge is 0.439 e. The predicted molar refractivity (Wildman–Crippen MR) is 48.5 cm³/mol. The van der Waals surface area contributed by atoms with E-state index < -0.39 is 37.4 Å². The molecule has 2 unspecified atom stereocenters. The first kappa shape index (κ1) is 13.8. The van der Waals surface area contributed by atoms with E-state index in [1.807, 2.05) is 5.32 Å². The predicted octanol–water partition coefficient (Wildman–Crippen LogP) is -2.27. The van der Waals surface area contributed by atoms with Crippen molar-refractivity contribution in [3.8, 4) is 0 Å². The van der Waals surface area contributed by atoms with Gasteiger partial charge in [0.2, 0.25) is 12.1 Å². The number of ether oxygens (including phenoxy) is 1. The van der Waals surface area contributed by atoms with Crippen molar-refractivity contribution in [2.75, 3.05) is 13.2 Å². The molecule has 15 heavy (non-hydrogen) atoms. The number of amides is 1. The molecule has 0 aliphatic carbocycles. The summed E-state index contributed by atoms with van der Waals surface area (Å²) < 4.78 is 4.63. The zero-order chi connectivity index (χ0) is 11.8. The summed E-state index contributed by atoms with van der Waals surface area (Å²) in [5.74, 6) is -1.44. The molecular formula is C8H15NO6. The molecule has 0 bridgehead atoms. The van der Waals surface area contributed by atoms with E-state index in [1.54, 1.807) is 6.92 Å². The molecule has 0 heterocycles. The molecular weight excluding hydrogens is 206 g/mol. The Kier molecular flexibility index (Phi) is 6.59. The van der Waals surface area contributed by atoms with Gasteiger partial charge in [0.05, 0.1) is 6.61 Å². The van der Waals surface area contributed by atoms with Crippen LogP contribution in [-0.4, -0.2) is 52.7 Å². The second kappa shape index (κ2) is 7.16. The van der Waals surface area contributed by atoms with Gasteiger partial charge in [-0.25, -0.2) is 0 Å². The Morgan fingerprint density at radius 3 is 2.40 bits per heavy atom. The minimum Gasteiger partial charge on any atom is -0.439 e. The summed E-state index contributed by atoms with van der Waals surface area (Å²) >= 11 is 0. The topological polar surface area (TPSA) is 116 Å². The van der Waals surface area contributed by atoms with E-state index in [1.165, 1.54) is 0 Å². The standard InChI is InChI=1S/C8H15NO6/c1-2-7(14)15-8(5(12)3-10)9-6(13)4-11/h5,8,10-12H,2-4H2,1H3,(H,9,13). The minimum atomic E-state index is -1.42. The Labute approximate surface area is 86.7 Å². The Hall–Kier alpha value is -1.18. The third kappa shape index (κ3) is 5.31. The molecule has 88 valence electrons. The van der Waals surface area contributed by atoms with Crippen LogP contribution in [0.15, 0.2) is 0 Å². The molecule has 0 aliphatic heterocycles. The van der Waals surface area contributed by atoms with Crippen LogP contribution in [0.5, 0.6) is 0 Å². The summed E-state index contributed by atoms with van der Waals surface area (Å²) in [4.78, 5) is 21.7. The summed E-state index contributed by atoms with van der Waals surface area (Å²) in [6.45, 7) is 0.0737. The highest BCUT2D eigenvalue weighted by Crippen LogP contribution is 1.98. The molecule has 2 atom stereocenters. The van der Waals surface area contributed by atoms with Crippen LogP contribution in [-0.2, 0) is 14.3 Å². The van der Waals surface area contributed by atoms with Crippen LogP contribution < -0.4 is 5.32 Å². The van der Waals surface area contributed by atoms with Gasteiger partial charge in [-0.2, -0.15) is 0 Å². The van der Waals surface area contributed by atoms with Gasteiger partial charge in [0.15, 0.2) is 0 Å². The van der Waals surface area contributed by atoms with Crippen LogP contribution in [0.3, 0.4) is 0 Å². The first-order valence-electron chi connectivity index (χ1n) is 4.43. The van der Waals surface area contributed by atoms with Crippen LogP contribution in [0.4, 0.5) is 0 Å². The number of carbonyl (C=O) groups is 2. The van der Waals surface area contributed by atoms with Gasteiger partial charge in [-0.1, -0.05) is 6.92 Å². The highest BCUT2D eigenvalue weighted by molar-refractivity contribution is 5.77. The molecule has 0 saturated heterocycles. The molecule has 7 heteroatoms. The van der Waals surface area contributed by atoms with Crippen molar-refractivity contribution >= 4 is 11.9 Å². The molecule has 0 saturated carbocycles. The average Bonchev–Trinajstić information content (AvgIpc) is 2.26. The lowest BCUT2D eigenvalue weighted by Gasteiger charge is -2.22. The Balaban J connectivity index is 4.30. The van der Waals surface area contributed by atoms with E-state index in [0.29, 0.717) is 0 Å². The number of aliphatic hydroxyl groups excluding tert-OH is 3. The van der Waals surface area contributed by atoms with Crippen LogP contribution in [0.1, 0.15) is 13.3 Å². The van der Waals surface area contributed by atoms with Crippen molar-refractivity contribution < 1.29 is 29.6 Å². The fourth-order valence-corrected chi connectivity index (χ4v) is 0.729. The SMILES string of the molecule is CCC(=O)OC(NC(=O)CO)C(O)CO. The number of hydrogen-bond donors (Lipinski definition) is 4. The van der Waals surface area contributed by atoms with Crippen molar-refractivity contribution in [2.24, 2.45) is 0 Å². The summed E-state index contributed by atoms with van der Waals surface area (Å²) in [6.07, 6.45) is -2.69. The van der Waals surface area contributed by atoms with Crippen LogP contribution in [0.25, 0.3) is 0 Å². The van der Waals surface area contributed by atoms with Gasteiger partial charge < -0.3 is 25.4 Å². The number of aliphatic hydroxyl groups is 3. The van der Waals surface area contributed by atoms with Gasteiger partial charge in [0, 0.05) is 6.42 Å². The summed E-state index contributed by atoms with van der Waals surface area (Å²) in [7, 11) is 0. The number of carbonyl (C=O) groups excluding carboxylic acids is 2. The second-order valence-corrected chi connectivity index (χ2v) is 2.74. The van der Waals surface area contributed by atoms with Crippen molar-refractivity contribution in [3.05, 3.63) is 0 Å². The fraction of sp³-hybridized carbons (Fsp3) is 0.750. The smallest absolute Gasteiger partial charge is 0.307 e. The maximum absolute atomic E-state index is 10.9. The summed E-state index contributed by atoms with van der Waals surface area (Å²) in [6, 6.07) is 0. The second-order valence-electron chi connectivity index (χ2n) is 2.74. The minimum absolute atomic E-state index is 0.0731. The number of rotatable bonds is 6. The normalized spacial score (nSPS) is 14.1. The van der Waals surface area contributed by atoms with E-state index in [0.717, 1.165) is 0 Å². The molecule has 0 aromatic carbocycles. The first-order valence-corrected chi connectivity index (χ1v) is 4.43. The lowest BCUT2D eigenvalue weighted by molar-refractivity contribution is -0.161. The Morgan fingerprint density at radius 1 is 1.40 bits per heavy atom. The first-order chi connectivity index (χ1) is 7.04. The van der Waals surface area contributed by atoms with E-state index in [4.69, 9.17) is 10.2 Å². The molecule has 0 aliphatic rings. The molecule has 7 nitrogen and oxygen atoms in total. The zero-order valence-corrected chi connectivity index (χ0v) is 8.34. The molecule has 4 N–H and O–H groups in total. The average molecular weight is 221 g/mol. The zero-order valence-electron chi connectivity index (χ0n) is 8.34. The maximum Gasteiger partial charge on any atom is 0.307 e. The van der Waals surface area contributed by atoms with E-state index in [-0.39, 0.29) is 6.42 Å². The van der Waals surface area contributed by atoms with Crippen molar-refractivity contribution in [2.45, 2.75) is 25.7 Å². The van der Waals surface area contributed by atoms with Gasteiger partial charge in [-0.05, 0) is 0 Å². The molecule has 1 amide bonds. The van der Waals surface area contributed by atoms with Crippen molar-refractivity contribution in [1.29, 1.82) is 0 Å². The molecule has 0 rings (SSSR count). The van der Waals surface area contributed by atoms with Gasteiger partial charge >= 0.3 is 5.97 Å². The third-order valence-corrected chi connectivity index (χ3v) is 1.53. The summed E-state index contributed by atoms with van der Waals surface area (Å²) in [5, 5.41) is 28.3. The lowest BCUT2D eigenvalue weighted by Crippen LogP contribution is -2.48. The maximum atomic E-state index is 10.9. The Bertz CT molecular complexity index is 201.